The molecule has 4 rings (SSSR count). The number of fused-ring (bicyclic) bond motifs is 1. The van der Waals surface area contributed by atoms with Gasteiger partial charge >= 0.3 is 13.7 Å². The van der Waals surface area contributed by atoms with Crippen LogP contribution in [-0.4, -0.2) is 73.5 Å². The van der Waals surface area contributed by atoms with Gasteiger partial charge in [0.15, 0.2) is 23.0 Å². The predicted octanol–water partition coefficient (Wildman–Crippen LogP) is 2.10. The van der Waals surface area contributed by atoms with E-state index in [9.17, 15) is 24.4 Å². The molecular formula is C26H36FN6O9P. The van der Waals surface area contributed by atoms with Crippen molar-refractivity contribution in [1.82, 2.24) is 24.6 Å². The molecule has 17 heteroatoms. The molecule has 6 N–H and O–H groups in total. The Bertz CT molecular complexity index is 1510. The Balaban J connectivity index is 1.56. The number of para-hydroxylation sites is 1. The fourth-order valence-corrected chi connectivity index (χ4v) is 6.17. The number of nitrogens with zero attached hydrogens (tertiary/aromatic N) is 3. The molecule has 1 fully saturated rings. The van der Waals surface area contributed by atoms with Crippen LogP contribution in [0.2, 0.25) is 0 Å². The minimum absolute atomic E-state index is 0.0689. The summed E-state index contributed by atoms with van der Waals surface area (Å²) in [6.45, 7) is 1.14. The van der Waals surface area contributed by atoms with Crippen LogP contribution in [0.5, 0.6) is 5.75 Å². The molecule has 0 saturated heterocycles. The van der Waals surface area contributed by atoms with Crippen LogP contribution in [0.15, 0.2) is 41.5 Å². The number of nitrogens with one attached hydrogen (secondary N) is 2. The number of alkyl halides is 1. The highest BCUT2D eigenvalue weighted by Crippen LogP contribution is 2.47. The summed E-state index contributed by atoms with van der Waals surface area (Å²) in [5.41, 5.74) is 1.82. The molecule has 0 spiro atoms. The number of aromatic amines is 1. The van der Waals surface area contributed by atoms with Gasteiger partial charge in [0.25, 0.3) is 11.4 Å². The summed E-state index contributed by atoms with van der Waals surface area (Å²) in [4.78, 5) is 35.0. The monoisotopic (exact) mass is 626 g/mol. The molecule has 236 valence electrons. The molecule has 3 aromatic rings. The number of aliphatic hydroxyl groups is 2. The standard InChI is InChI=1S/C26H36FN6O9P/c1-16(22(35)41-17-10-6-4-7-11-17)32-43(38,42-18-12-8-5-9-13-18)40-14-26(27,39-3)23(36)25(2,37)33-15-29-19-20(33)30-24(28)31-21(19)34/h5,8-9,12-13,15-17,23,36-37H,4,6-7,10-11,14H2,1-3H3,(H,32,38)(H3,28,30,31,34)/t16?,23-,25+,26+,43?/m0/s1. The van der Waals surface area contributed by atoms with Gasteiger partial charge in [0.05, 0.1) is 6.33 Å². The van der Waals surface area contributed by atoms with Gasteiger partial charge in [-0.3, -0.25) is 23.7 Å². The number of imidazole rings is 1. The fraction of sp³-hybridized carbons (Fsp3) is 0.538. The van der Waals surface area contributed by atoms with E-state index in [4.69, 9.17) is 24.3 Å². The maximum absolute atomic E-state index is 16.2. The summed E-state index contributed by atoms with van der Waals surface area (Å²) in [5.74, 6) is -4.19. The molecule has 0 amide bonds. The average Bonchev–Trinajstić information content (AvgIpc) is 3.42. The van der Waals surface area contributed by atoms with Gasteiger partial charge in [-0.1, -0.05) is 24.6 Å². The zero-order valence-corrected chi connectivity index (χ0v) is 24.8. The summed E-state index contributed by atoms with van der Waals surface area (Å²) in [7, 11) is -3.69. The van der Waals surface area contributed by atoms with Gasteiger partial charge in [0.1, 0.15) is 24.5 Å². The molecule has 2 heterocycles. The number of nitrogen functional groups attached to an aromatic ring is 1. The summed E-state index contributed by atoms with van der Waals surface area (Å²) in [6.07, 6.45) is 2.56. The number of benzene rings is 1. The van der Waals surface area contributed by atoms with Gasteiger partial charge in [-0.05, 0) is 51.7 Å². The number of aliphatic hydroxyl groups excluding tert-OH is 1. The highest BCUT2D eigenvalue weighted by molar-refractivity contribution is 7.52. The molecule has 0 bridgehead atoms. The van der Waals surface area contributed by atoms with E-state index in [0.717, 1.165) is 44.2 Å². The number of nitrogens with two attached hydrogens (primary N) is 1. The van der Waals surface area contributed by atoms with E-state index in [1.165, 1.54) is 19.1 Å². The van der Waals surface area contributed by atoms with Gasteiger partial charge in [0.2, 0.25) is 5.95 Å². The van der Waals surface area contributed by atoms with Gasteiger partial charge in [0, 0.05) is 7.11 Å². The van der Waals surface area contributed by atoms with Gasteiger partial charge in [-0.15, -0.1) is 0 Å². The van der Waals surface area contributed by atoms with Crippen molar-refractivity contribution in [1.29, 1.82) is 0 Å². The Labute approximate surface area is 246 Å². The molecule has 0 aliphatic heterocycles. The molecule has 43 heavy (non-hydrogen) atoms. The maximum Gasteiger partial charge on any atom is 0.459 e. The van der Waals surface area contributed by atoms with Crippen LogP contribution in [-0.2, 0) is 29.1 Å². The molecule has 1 aromatic carbocycles. The third-order valence-corrected chi connectivity index (χ3v) is 8.74. The van der Waals surface area contributed by atoms with Crippen LogP contribution in [0.3, 0.4) is 0 Å². The fourth-order valence-electron chi connectivity index (χ4n) is 4.67. The first-order valence-electron chi connectivity index (χ1n) is 13.6. The number of methoxy groups -OCH3 is 1. The number of H-pyrrole nitrogens is 1. The SMILES string of the molecule is CO[C@](F)(COP(=O)(NC(C)C(=O)OC1CCCCC1)Oc1ccccc1)[C@@H](O)[C@@](C)(O)n1cnc2c(=O)[nH]c(N)nc21. The Hall–Kier alpha value is -3.40. The van der Waals surface area contributed by atoms with E-state index in [-0.39, 0.29) is 29.0 Å². The van der Waals surface area contributed by atoms with Gasteiger partial charge < -0.3 is 29.9 Å². The van der Waals surface area contributed by atoms with Crippen LogP contribution >= 0.6 is 7.75 Å². The molecule has 2 aromatic heterocycles. The number of aromatic nitrogens is 4. The van der Waals surface area contributed by atoms with E-state index in [1.807, 2.05) is 0 Å². The minimum atomic E-state index is -4.58. The Morgan fingerprint density at radius 3 is 2.63 bits per heavy atom. The number of ether oxygens (including phenoxy) is 2. The Kier molecular flexibility index (Phi) is 9.89. The van der Waals surface area contributed by atoms with Crippen molar-refractivity contribution in [2.24, 2.45) is 0 Å². The molecule has 2 unspecified atom stereocenters. The van der Waals surface area contributed by atoms with E-state index in [1.54, 1.807) is 18.2 Å². The highest BCUT2D eigenvalue weighted by atomic mass is 31.2. The van der Waals surface area contributed by atoms with Crippen molar-refractivity contribution in [2.45, 2.75) is 75.8 Å². The molecule has 15 nitrogen and oxygen atoms in total. The van der Waals surface area contributed by atoms with Crippen LogP contribution in [0.1, 0.15) is 46.0 Å². The summed E-state index contributed by atoms with van der Waals surface area (Å²) >= 11 is 0. The minimum Gasteiger partial charge on any atom is -0.461 e. The second kappa shape index (κ2) is 13.1. The normalized spacial score (nSPS) is 20.0. The summed E-state index contributed by atoms with van der Waals surface area (Å²) in [5, 5.41) is 24.8. The second-order valence-corrected chi connectivity index (χ2v) is 12.1. The van der Waals surface area contributed by atoms with Crippen LogP contribution in [0.4, 0.5) is 10.3 Å². The summed E-state index contributed by atoms with van der Waals surface area (Å²) in [6, 6.07) is 6.60. The number of hydrogen-bond acceptors (Lipinski definition) is 12. The van der Waals surface area contributed by atoms with E-state index >= 15 is 4.39 Å². The lowest BCUT2D eigenvalue weighted by atomic mass is 9.98. The van der Waals surface area contributed by atoms with Crippen LogP contribution in [0.25, 0.3) is 11.2 Å². The number of hydrogen-bond donors (Lipinski definition) is 5. The zero-order valence-electron chi connectivity index (χ0n) is 23.9. The highest BCUT2D eigenvalue weighted by Gasteiger charge is 2.52. The molecule has 0 radical (unpaired) electrons. The van der Waals surface area contributed by atoms with Crippen molar-refractivity contribution >= 4 is 30.8 Å². The maximum atomic E-state index is 16.2. The molecule has 1 aliphatic carbocycles. The van der Waals surface area contributed by atoms with Crippen molar-refractivity contribution in [2.75, 3.05) is 19.5 Å². The topological polar surface area (TPSA) is 213 Å². The van der Waals surface area contributed by atoms with Crippen molar-refractivity contribution in [3.8, 4) is 5.75 Å². The van der Waals surface area contributed by atoms with Crippen molar-refractivity contribution in [3.05, 3.63) is 47.0 Å². The molecule has 1 aliphatic rings. The first kappa shape index (κ1) is 32.5. The number of esters is 1. The van der Waals surface area contributed by atoms with E-state index in [2.05, 4.69) is 20.0 Å². The third-order valence-electron chi connectivity index (χ3n) is 7.12. The van der Waals surface area contributed by atoms with Crippen molar-refractivity contribution in [3.63, 3.8) is 0 Å². The quantitative estimate of drug-likeness (QED) is 0.136. The molecular weight excluding hydrogens is 590 g/mol. The number of carbonyl (C=O) groups excluding carboxylic acids is 1. The van der Waals surface area contributed by atoms with Crippen molar-refractivity contribution < 1.29 is 42.5 Å². The first-order valence-corrected chi connectivity index (χ1v) is 15.2. The lowest BCUT2D eigenvalue weighted by molar-refractivity contribution is -0.271. The predicted molar refractivity (Wildman–Crippen MR) is 151 cm³/mol. The number of rotatable bonds is 13. The molecule has 1 saturated carbocycles. The van der Waals surface area contributed by atoms with Gasteiger partial charge in [-0.2, -0.15) is 10.1 Å². The third kappa shape index (κ3) is 7.40. The lowest BCUT2D eigenvalue weighted by Crippen LogP contribution is -2.57. The van der Waals surface area contributed by atoms with Crippen LogP contribution < -0.4 is 20.9 Å². The second-order valence-electron chi connectivity index (χ2n) is 10.4. The Morgan fingerprint density at radius 2 is 1.98 bits per heavy atom. The van der Waals surface area contributed by atoms with E-state index in [0.29, 0.717) is 12.8 Å². The molecule has 5 atom stereocenters. The number of halogens is 1. The zero-order chi connectivity index (χ0) is 31.4. The van der Waals surface area contributed by atoms with Crippen LogP contribution in [0, 0.1) is 0 Å². The number of anilines is 1. The summed E-state index contributed by atoms with van der Waals surface area (Å²) < 4.78 is 52.3. The first-order chi connectivity index (χ1) is 20.3. The Morgan fingerprint density at radius 1 is 1.30 bits per heavy atom. The average molecular weight is 627 g/mol. The van der Waals surface area contributed by atoms with Gasteiger partial charge in [-0.25, -0.2) is 13.9 Å². The largest absolute Gasteiger partial charge is 0.461 e. The smallest absolute Gasteiger partial charge is 0.459 e. The van der Waals surface area contributed by atoms with E-state index < -0.39 is 49.6 Å². The number of carbonyl (C=O) groups is 1. The lowest BCUT2D eigenvalue weighted by Gasteiger charge is -2.38.